The quantitative estimate of drug-likeness (QED) is 0.251. The van der Waals surface area contributed by atoms with Crippen molar-refractivity contribution in [2.75, 3.05) is 26.2 Å². The Balaban J connectivity index is 3.27. The van der Waals surface area contributed by atoms with Crippen molar-refractivity contribution in [3.63, 3.8) is 0 Å². The Morgan fingerprint density at radius 2 is 2.00 bits per heavy atom. The topological polar surface area (TPSA) is 52.0 Å². The number of hydrogen-bond donors (Lipinski definition) is 0. The molecule has 0 spiro atoms. The fourth-order valence-corrected chi connectivity index (χ4v) is 0.950. The highest BCUT2D eigenvalue weighted by atomic mass is 15.1. The van der Waals surface area contributed by atoms with Gasteiger partial charge in [0.05, 0.1) is 0 Å². The Kier molecular flexibility index (Phi) is 6.89. The molecule has 0 fully saturated rings. The van der Waals surface area contributed by atoms with Crippen molar-refractivity contribution in [2.45, 2.75) is 20.3 Å². The van der Waals surface area contributed by atoms with Crippen LogP contribution >= 0.6 is 0 Å². The summed E-state index contributed by atoms with van der Waals surface area (Å²) in [7, 11) is 0. The molecule has 0 radical (unpaired) electrons. The highest BCUT2D eigenvalue weighted by Gasteiger charge is 1.95. The monoisotopic (exact) mass is 156 g/mol. The van der Waals surface area contributed by atoms with E-state index in [1.807, 2.05) is 0 Å². The highest BCUT2D eigenvalue weighted by Crippen LogP contribution is 1.90. The van der Waals surface area contributed by atoms with Gasteiger partial charge in [-0.25, -0.2) is 0 Å². The van der Waals surface area contributed by atoms with Crippen molar-refractivity contribution >= 4 is 0 Å². The molecule has 0 saturated heterocycles. The van der Waals surface area contributed by atoms with Crippen molar-refractivity contribution in [1.82, 2.24) is 4.90 Å². The van der Waals surface area contributed by atoms with Crippen molar-refractivity contribution in [2.24, 2.45) is 5.11 Å². The van der Waals surface area contributed by atoms with Crippen molar-refractivity contribution < 1.29 is 0 Å². The van der Waals surface area contributed by atoms with Crippen LogP contribution in [0.2, 0.25) is 0 Å². The molecule has 0 amide bonds. The van der Waals surface area contributed by atoms with E-state index in [1.54, 1.807) is 0 Å². The normalized spacial score (nSPS) is 9.73. The minimum absolute atomic E-state index is 0.618. The molecule has 0 aromatic carbocycles. The second kappa shape index (κ2) is 7.38. The fraction of sp³-hybridized carbons (Fsp3) is 1.00. The summed E-state index contributed by atoms with van der Waals surface area (Å²) in [5, 5.41) is 3.47. The largest absolute Gasteiger partial charge is 0.304 e. The van der Waals surface area contributed by atoms with E-state index >= 15 is 0 Å². The zero-order chi connectivity index (χ0) is 8.53. The number of nitrogens with zero attached hydrogens (tertiary/aromatic N) is 4. The zero-order valence-electron chi connectivity index (χ0n) is 7.32. The minimum atomic E-state index is 0.618. The van der Waals surface area contributed by atoms with Gasteiger partial charge in [0.15, 0.2) is 0 Å². The maximum atomic E-state index is 7.99. The number of hydrogen-bond acceptors (Lipinski definition) is 2. The maximum absolute atomic E-state index is 7.99. The Labute approximate surface area is 67.8 Å². The van der Waals surface area contributed by atoms with Gasteiger partial charge < -0.3 is 4.90 Å². The summed E-state index contributed by atoms with van der Waals surface area (Å²) in [4.78, 5) is 5.00. The molecule has 4 heteroatoms. The molecule has 0 rings (SSSR count). The molecule has 0 unspecified atom stereocenters. The SMILES string of the molecule is CCN(CC)CCCN=[N+]=[N-]. The number of rotatable bonds is 6. The van der Waals surface area contributed by atoms with E-state index in [9.17, 15) is 0 Å². The third kappa shape index (κ3) is 5.70. The second-order valence-electron chi connectivity index (χ2n) is 2.33. The van der Waals surface area contributed by atoms with Gasteiger partial charge in [0.1, 0.15) is 0 Å². The maximum Gasteiger partial charge on any atom is 0.0270 e. The van der Waals surface area contributed by atoms with Gasteiger partial charge in [-0.15, -0.1) is 0 Å². The average molecular weight is 156 g/mol. The van der Waals surface area contributed by atoms with Gasteiger partial charge in [0, 0.05) is 11.5 Å². The van der Waals surface area contributed by atoms with Gasteiger partial charge in [-0.2, -0.15) is 0 Å². The van der Waals surface area contributed by atoms with Crippen molar-refractivity contribution in [3.05, 3.63) is 10.4 Å². The summed E-state index contributed by atoms with van der Waals surface area (Å²) in [6, 6.07) is 0. The van der Waals surface area contributed by atoms with E-state index in [4.69, 9.17) is 5.53 Å². The van der Waals surface area contributed by atoms with Gasteiger partial charge in [0.2, 0.25) is 0 Å². The molecule has 0 aliphatic heterocycles. The molecular weight excluding hydrogens is 140 g/mol. The van der Waals surface area contributed by atoms with Crippen LogP contribution in [0.25, 0.3) is 10.4 Å². The van der Waals surface area contributed by atoms with Crippen molar-refractivity contribution in [3.8, 4) is 0 Å². The first-order valence-corrected chi connectivity index (χ1v) is 4.08. The van der Waals surface area contributed by atoms with Crippen LogP contribution in [-0.2, 0) is 0 Å². The van der Waals surface area contributed by atoms with E-state index < -0.39 is 0 Å². The molecular formula is C7H16N4. The zero-order valence-corrected chi connectivity index (χ0v) is 7.32. The molecule has 64 valence electrons. The standard InChI is InChI=1S/C7H16N4/c1-3-11(4-2)7-5-6-9-10-8/h3-7H2,1-2H3. The first kappa shape index (κ1) is 10.3. The van der Waals surface area contributed by atoms with E-state index in [0.29, 0.717) is 6.54 Å². The molecule has 0 saturated carbocycles. The van der Waals surface area contributed by atoms with Crippen LogP contribution < -0.4 is 0 Å². The molecule has 0 aliphatic rings. The fourth-order valence-electron chi connectivity index (χ4n) is 0.950. The lowest BCUT2D eigenvalue weighted by Gasteiger charge is -2.16. The lowest BCUT2D eigenvalue weighted by atomic mass is 10.4. The van der Waals surface area contributed by atoms with Gasteiger partial charge in [-0.1, -0.05) is 19.0 Å². The Morgan fingerprint density at radius 3 is 2.45 bits per heavy atom. The summed E-state index contributed by atoms with van der Waals surface area (Å²) in [6.45, 7) is 8.08. The number of azide groups is 1. The minimum Gasteiger partial charge on any atom is -0.304 e. The molecule has 0 aromatic rings. The van der Waals surface area contributed by atoms with Gasteiger partial charge in [-0.05, 0) is 31.6 Å². The molecule has 4 nitrogen and oxygen atoms in total. The molecule has 0 N–H and O–H groups in total. The summed E-state index contributed by atoms with van der Waals surface area (Å²) >= 11 is 0. The summed E-state index contributed by atoms with van der Waals surface area (Å²) < 4.78 is 0. The highest BCUT2D eigenvalue weighted by molar-refractivity contribution is 4.54. The molecule has 0 aliphatic carbocycles. The molecule has 0 atom stereocenters. The van der Waals surface area contributed by atoms with Gasteiger partial charge in [-0.3, -0.25) is 0 Å². The summed E-state index contributed by atoms with van der Waals surface area (Å²) in [6.07, 6.45) is 0.964. The summed E-state index contributed by atoms with van der Waals surface area (Å²) in [5.74, 6) is 0. The lowest BCUT2D eigenvalue weighted by molar-refractivity contribution is 0.302. The van der Waals surface area contributed by atoms with Crippen LogP contribution in [0.15, 0.2) is 5.11 Å². The van der Waals surface area contributed by atoms with Crippen LogP contribution in [0, 0.1) is 0 Å². The molecule has 0 aromatic heterocycles. The van der Waals surface area contributed by atoms with E-state index in [0.717, 1.165) is 26.1 Å². The average Bonchev–Trinajstić information content (AvgIpc) is 2.05. The van der Waals surface area contributed by atoms with E-state index in [1.165, 1.54) is 0 Å². The van der Waals surface area contributed by atoms with Crippen LogP contribution in [0.1, 0.15) is 20.3 Å². The Hall–Kier alpha value is -0.730. The smallest absolute Gasteiger partial charge is 0.0270 e. The van der Waals surface area contributed by atoms with Crippen LogP contribution in [-0.4, -0.2) is 31.1 Å². The van der Waals surface area contributed by atoms with Crippen LogP contribution in [0.3, 0.4) is 0 Å². The Bertz CT molecular complexity index is 124. The first-order valence-electron chi connectivity index (χ1n) is 4.08. The van der Waals surface area contributed by atoms with Crippen LogP contribution in [0.5, 0.6) is 0 Å². The molecule has 0 heterocycles. The van der Waals surface area contributed by atoms with Crippen molar-refractivity contribution in [1.29, 1.82) is 0 Å². The second-order valence-corrected chi connectivity index (χ2v) is 2.33. The summed E-state index contributed by atoms with van der Waals surface area (Å²) in [5.41, 5.74) is 7.99. The van der Waals surface area contributed by atoms with Gasteiger partial charge in [0.25, 0.3) is 0 Å². The molecule has 0 bridgehead atoms. The van der Waals surface area contributed by atoms with E-state index in [2.05, 4.69) is 28.8 Å². The van der Waals surface area contributed by atoms with Gasteiger partial charge >= 0.3 is 0 Å². The van der Waals surface area contributed by atoms with Crippen LogP contribution in [0.4, 0.5) is 0 Å². The first-order chi connectivity index (χ1) is 5.35. The molecule has 11 heavy (non-hydrogen) atoms. The predicted molar refractivity (Wildman–Crippen MR) is 46.4 cm³/mol. The third-order valence-corrected chi connectivity index (χ3v) is 1.69. The Morgan fingerprint density at radius 1 is 1.36 bits per heavy atom. The van der Waals surface area contributed by atoms with E-state index in [-0.39, 0.29) is 0 Å². The third-order valence-electron chi connectivity index (χ3n) is 1.69. The lowest BCUT2D eigenvalue weighted by Crippen LogP contribution is -2.24. The predicted octanol–water partition coefficient (Wildman–Crippen LogP) is 2.03.